The fourth-order valence-electron chi connectivity index (χ4n) is 0.191. The predicted molar refractivity (Wildman–Crippen MR) is 31.5 cm³/mol. The third-order valence-electron chi connectivity index (χ3n) is 0.294. The van der Waals surface area contributed by atoms with Crippen molar-refractivity contribution in [3.05, 3.63) is 0 Å². The molecule has 0 saturated heterocycles. The second-order valence-corrected chi connectivity index (χ2v) is 3.17. The fourth-order valence-corrected chi connectivity index (χ4v) is 0.572. The summed E-state index contributed by atoms with van der Waals surface area (Å²) >= 11 is 0. The van der Waals surface area contributed by atoms with E-state index in [-0.39, 0.29) is 0 Å². The summed E-state index contributed by atoms with van der Waals surface area (Å²) in [6.45, 7) is 0. The average Bonchev–Trinajstić information content (AvgIpc) is 1.21. The van der Waals surface area contributed by atoms with Gasteiger partial charge >= 0.3 is 6.03 Å². The lowest BCUT2D eigenvalue weighted by Crippen LogP contribution is -2.31. The van der Waals surface area contributed by atoms with Gasteiger partial charge in [0.1, 0.15) is 0 Å². The number of hydrogen-bond donors (Lipinski definition) is 4. The number of carbonyl (C=O) groups excluding carboxylic acids is 1. The van der Waals surface area contributed by atoms with Gasteiger partial charge in [-0.15, -0.1) is 10.8 Å². The Morgan fingerprint density at radius 2 is 2.12 bits per heavy atom. The van der Waals surface area contributed by atoms with Gasteiger partial charge in [-0.2, -0.15) is 0 Å². The van der Waals surface area contributed by atoms with Crippen LogP contribution in [0.3, 0.4) is 0 Å². The number of urea groups is 1. The molecule has 0 heterocycles. The first-order valence-electron chi connectivity index (χ1n) is 1.72. The number of rotatable bonds is 1. The van der Waals surface area contributed by atoms with E-state index in [4.69, 9.17) is 9.11 Å². The first-order valence-corrected chi connectivity index (χ1v) is 3.68. The van der Waals surface area contributed by atoms with Crippen LogP contribution in [0.5, 0.6) is 0 Å². The Balaban J connectivity index is 3.55. The molecule has 0 fully saturated rings. The molecule has 0 saturated carbocycles. The van der Waals surface area contributed by atoms with E-state index in [0.717, 1.165) is 6.26 Å². The quantitative estimate of drug-likeness (QED) is 0.411. The van der Waals surface area contributed by atoms with Gasteiger partial charge in [-0.25, -0.2) is 9.52 Å². The number of primary amides is 1. The molecule has 0 aliphatic heterocycles. The Kier molecular flexibility index (Phi) is 2.08. The van der Waals surface area contributed by atoms with Crippen LogP contribution in [0.2, 0.25) is 0 Å². The standard InChI is InChI=1S/C2H8N2O3S/c1-8(6,7)4-2(3)5/h6-7H,1H3,(H3,3,4,5). The highest BCUT2D eigenvalue weighted by atomic mass is 32.3. The number of amides is 2. The average molecular weight is 140 g/mol. The number of nitrogens with two attached hydrogens (primary N) is 1. The van der Waals surface area contributed by atoms with Crippen LogP contribution in [-0.4, -0.2) is 21.4 Å². The molecule has 2 amide bonds. The highest BCUT2D eigenvalue weighted by Crippen LogP contribution is 2.25. The topological polar surface area (TPSA) is 95.6 Å². The van der Waals surface area contributed by atoms with E-state index in [1.165, 1.54) is 0 Å². The summed E-state index contributed by atoms with van der Waals surface area (Å²) in [7, 11) is -2.95. The van der Waals surface area contributed by atoms with Crippen molar-refractivity contribution in [2.75, 3.05) is 6.26 Å². The molecule has 0 rings (SSSR count). The molecular weight excluding hydrogens is 132 g/mol. The van der Waals surface area contributed by atoms with E-state index in [1.54, 1.807) is 4.72 Å². The van der Waals surface area contributed by atoms with Gasteiger partial charge < -0.3 is 5.73 Å². The lowest BCUT2D eigenvalue weighted by atomic mass is 11.2. The second-order valence-electron chi connectivity index (χ2n) is 1.30. The lowest BCUT2D eigenvalue weighted by Gasteiger charge is -2.25. The van der Waals surface area contributed by atoms with Crippen LogP contribution in [0.4, 0.5) is 4.79 Å². The van der Waals surface area contributed by atoms with Crippen molar-refractivity contribution in [1.29, 1.82) is 0 Å². The van der Waals surface area contributed by atoms with Gasteiger partial charge in [0, 0.05) is 6.26 Å². The summed E-state index contributed by atoms with van der Waals surface area (Å²) in [5.41, 5.74) is 4.53. The summed E-state index contributed by atoms with van der Waals surface area (Å²) in [4.78, 5) is 9.83. The molecule has 0 aromatic carbocycles. The van der Waals surface area contributed by atoms with Crippen molar-refractivity contribution in [2.45, 2.75) is 0 Å². The zero-order valence-electron chi connectivity index (χ0n) is 4.29. The van der Waals surface area contributed by atoms with E-state index in [1.807, 2.05) is 0 Å². The Labute approximate surface area is 48.4 Å². The lowest BCUT2D eigenvalue weighted by molar-refractivity contribution is 0.252. The largest absolute Gasteiger partial charge is 0.350 e. The van der Waals surface area contributed by atoms with Crippen molar-refractivity contribution < 1.29 is 13.9 Å². The van der Waals surface area contributed by atoms with Gasteiger partial charge in [0.05, 0.1) is 0 Å². The van der Waals surface area contributed by atoms with Crippen molar-refractivity contribution in [3.63, 3.8) is 0 Å². The van der Waals surface area contributed by atoms with E-state index in [9.17, 15) is 4.79 Å². The monoisotopic (exact) mass is 140 g/mol. The number of hydrogen-bond acceptors (Lipinski definition) is 3. The zero-order chi connectivity index (χ0) is 6.78. The molecule has 0 spiro atoms. The van der Waals surface area contributed by atoms with Crippen LogP contribution in [0, 0.1) is 0 Å². The van der Waals surface area contributed by atoms with Crippen LogP contribution in [-0.2, 0) is 0 Å². The van der Waals surface area contributed by atoms with Crippen LogP contribution in [0.15, 0.2) is 0 Å². The Morgan fingerprint density at radius 3 is 2.12 bits per heavy atom. The van der Waals surface area contributed by atoms with E-state index < -0.39 is 16.8 Å². The summed E-state index contributed by atoms with van der Waals surface area (Å²) in [6, 6.07) is -0.937. The minimum absolute atomic E-state index is 0.937. The second kappa shape index (κ2) is 2.21. The Hall–Kier alpha value is -0.460. The van der Waals surface area contributed by atoms with Crippen molar-refractivity contribution in [2.24, 2.45) is 5.73 Å². The minimum atomic E-state index is -2.95. The SMILES string of the molecule is CS(O)(O)NC(N)=O. The van der Waals surface area contributed by atoms with Gasteiger partial charge in [0.2, 0.25) is 0 Å². The molecule has 50 valence electrons. The minimum Gasteiger partial charge on any atom is -0.350 e. The normalized spacial score (nSPS) is 12.9. The van der Waals surface area contributed by atoms with Crippen LogP contribution < -0.4 is 10.5 Å². The highest BCUT2D eigenvalue weighted by molar-refractivity contribution is 8.22. The Morgan fingerprint density at radius 1 is 1.75 bits per heavy atom. The molecule has 0 unspecified atom stereocenters. The zero-order valence-corrected chi connectivity index (χ0v) is 5.10. The van der Waals surface area contributed by atoms with Crippen LogP contribution in [0.1, 0.15) is 0 Å². The number of nitrogens with one attached hydrogen (secondary N) is 1. The molecule has 0 aliphatic carbocycles. The third-order valence-corrected chi connectivity index (χ3v) is 0.882. The highest BCUT2D eigenvalue weighted by Gasteiger charge is 2.02. The number of carbonyl (C=O) groups is 1. The Bertz CT molecular complexity index is 97.9. The van der Waals surface area contributed by atoms with Crippen LogP contribution >= 0.6 is 10.8 Å². The first kappa shape index (κ1) is 7.54. The van der Waals surface area contributed by atoms with Gasteiger partial charge in [0.15, 0.2) is 0 Å². The van der Waals surface area contributed by atoms with Gasteiger partial charge in [0.25, 0.3) is 0 Å². The summed E-state index contributed by atoms with van der Waals surface area (Å²) in [5, 5.41) is 0. The summed E-state index contributed by atoms with van der Waals surface area (Å²) in [6.07, 6.45) is 1.07. The first-order chi connectivity index (χ1) is 3.42. The van der Waals surface area contributed by atoms with Gasteiger partial charge in [-0.1, -0.05) is 0 Å². The molecule has 8 heavy (non-hydrogen) atoms. The smallest absolute Gasteiger partial charge is 0.330 e. The molecule has 0 aromatic heterocycles. The molecular formula is C2H8N2O3S. The molecule has 5 N–H and O–H groups in total. The maximum Gasteiger partial charge on any atom is 0.330 e. The van der Waals surface area contributed by atoms with Crippen LogP contribution in [0.25, 0.3) is 0 Å². The molecule has 0 aromatic rings. The van der Waals surface area contributed by atoms with Crippen molar-refractivity contribution in [3.8, 4) is 0 Å². The molecule has 0 bridgehead atoms. The van der Waals surface area contributed by atoms with E-state index in [0.29, 0.717) is 0 Å². The molecule has 0 atom stereocenters. The molecule has 0 radical (unpaired) electrons. The summed E-state index contributed by atoms with van der Waals surface area (Å²) in [5.74, 6) is 0. The maximum absolute atomic E-state index is 9.83. The predicted octanol–water partition coefficient (Wildman–Crippen LogP) is -0.0499. The molecule has 5 nitrogen and oxygen atoms in total. The van der Waals surface area contributed by atoms with Crippen molar-refractivity contribution in [1.82, 2.24) is 4.72 Å². The fraction of sp³-hybridized carbons (Fsp3) is 0.500. The third kappa shape index (κ3) is 5.54. The molecule has 0 aliphatic rings. The van der Waals surface area contributed by atoms with Gasteiger partial charge in [-0.3, -0.25) is 9.11 Å². The van der Waals surface area contributed by atoms with Crippen molar-refractivity contribution >= 4 is 16.8 Å². The molecule has 6 heteroatoms. The van der Waals surface area contributed by atoms with E-state index in [2.05, 4.69) is 5.73 Å². The van der Waals surface area contributed by atoms with E-state index >= 15 is 0 Å². The maximum atomic E-state index is 9.83. The van der Waals surface area contributed by atoms with Gasteiger partial charge in [-0.05, 0) is 0 Å². The summed E-state index contributed by atoms with van der Waals surface area (Å²) < 4.78 is 18.5.